The molecule has 2 saturated carbocycles. The largest absolute Gasteiger partial charge is 0.489 e. The summed E-state index contributed by atoms with van der Waals surface area (Å²) in [7, 11) is 0. The predicted molar refractivity (Wildman–Crippen MR) is 146 cm³/mol. The molecule has 2 atom stereocenters. The molecule has 5 nitrogen and oxygen atoms in total. The van der Waals surface area contributed by atoms with Gasteiger partial charge in [0.1, 0.15) is 5.75 Å². The zero-order valence-corrected chi connectivity index (χ0v) is 22.3. The van der Waals surface area contributed by atoms with E-state index in [0.717, 1.165) is 80.4 Å². The van der Waals surface area contributed by atoms with Crippen LogP contribution < -0.4 is 15.4 Å². The number of fused-ring (bicyclic) bond motifs is 1. The second-order valence-electron chi connectivity index (χ2n) is 11.3. The fourth-order valence-corrected chi connectivity index (χ4v) is 5.23. The van der Waals surface area contributed by atoms with Gasteiger partial charge in [-0.15, -0.1) is 0 Å². The van der Waals surface area contributed by atoms with E-state index in [-0.39, 0.29) is 24.0 Å². The van der Waals surface area contributed by atoms with Gasteiger partial charge in [0.25, 0.3) is 0 Å². The van der Waals surface area contributed by atoms with Crippen LogP contribution in [0.5, 0.6) is 5.75 Å². The number of hydrogen-bond acceptors (Lipinski definition) is 4. The van der Waals surface area contributed by atoms with E-state index in [1.807, 2.05) is 6.21 Å². The van der Waals surface area contributed by atoms with E-state index in [9.17, 15) is 4.79 Å². The van der Waals surface area contributed by atoms with Crippen LogP contribution in [-0.2, 0) is 11.2 Å². The van der Waals surface area contributed by atoms with Crippen molar-refractivity contribution >= 4 is 23.4 Å². The van der Waals surface area contributed by atoms with Gasteiger partial charge in [-0.25, -0.2) is 0 Å². The highest BCUT2D eigenvalue weighted by Gasteiger charge is 2.39. The normalized spacial score (nSPS) is 21.8. The molecule has 1 aromatic carbocycles. The zero-order valence-electron chi connectivity index (χ0n) is 22.3. The highest BCUT2D eigenvalue weighted by molar-refractivity contribution is 6.11. The van der Waals surface area contributed by atoms with Crippen molar-refractivity contribution in [2.45, 2.75) is 117 Å². The van der Waals surface area contributed by atoms with Crippen molar-refractivity contribution in [3.05, 3.63) is 29.5 Å². The Balaban J connectivity index is 1.67. The molecule has 192 valence electrons. The lowest BCUT2D eigenvalue weighted by Crippen LogP contribution is -2.43. The van der Waals surface area contributed by atoms with Crippen molar-refractivity contribution in [2.24, 2.45) is 22.6 Å². The van der Waals surface area contributed by atoms with Crippen LogP contribution in [0.2, 0.25) is 0 Å². The predicted octanol–water partition coefficient (Wildman–Crippen LogP) is 6.67. The number of allylic oxidation sites excluding steroid dienone is 1. The fourth-order valence-electron chi connectivity index (χ4n) is 5.23. The summed E-state index contributed by atoms with van der Waals surface area (Å²) in [5.74, 6) is 2.09. The van der Waals surface area contributed by atoms with Gasteiger partial charge >= 0.3 is 0 Å². The molecule has 5 heteroatoms. The highest BCUT2D eigenvalue weighted by atomic mass is 16.5. The average molecular weight is 480 g/mol. The molecular weight excluding hydrogens is 434 g/mol. The Kier molecular flexibility index (Phi) is 8.56. The highest BCUT2D eigenvalue weighted by Crippen LogP contribution is 2.44. The second-order valence-corrected chi connectivity index (χ2v) is 11.3. The van der Waals surface area contributed by atoms with Crippen LogP contribution in [0.25, 0.3) is 5.57 Å². The minimum absolute atomic E-state index is 0.201. The molecule has 1 aliphatic heterocycles. The summed E-state index contributed by atoms with van der Waals surface area (Å²) < 4.78 is 6.64. The number of nitrogens with two attached hydrogens (primary N) is 1. The molecule has 0 aromatic heterocycles. The third kappa shape index (κ3) is 6.10. The Labute approximate surface area is 212 Å². The van der Waals surface area contributed by atoms with Crippen LogP contribution in [0.3, 0.4) is 0 Å². The fraction of sp³-hybridized carbons (Fsp3) is 0.667. The summed E-state index contributed by atoms with van der Waals surface area (Å²) in [6, 6.07) is 4.76. The zero-order chi connectivity index (χ0) is 24.9. The van der Waals surface area contributed by atoms with Gasteiger partial charge in [0.2, 0.25) is 5.91 Å². The number of amides is 1. The number of rotatable bonds is 11. The maximum atomic E-state index is 13.2. The molecule has 0 spiro atoms. The average Bonchev–Trinajstić information content (AvgIpc) is 3.65. The summed E-state index contributed by atoms with van der Waals surface area (Å²) in [4.78, 5) is 20.2. The Morgan fingerprint density at radius 3 is 2.54 bits per heavy atom. The van der Waals surface area contributed by atoms with E-state index in [0.29, 0.717) is 12.0 Å². The number of carbonyl (C=O) groups excluding carboxylic acids is 1. The number of benzene rings is 1. The summed E-state index contributed by atoms with van der Waals surface area (Å²) in [6.45, 7) is 8.94. The molecule has 2 unspecified atom stereocenters. The minimum atomic E-state index is 0.201. The molecule has 35 heavy (non-hydrogen) atoms. The monoisotopic (exact) mass is 479 g/mol. The van der Waals surface area contributed by atoms with Crippen molar-refractivity contribution in [1.82, 2.24) is 0 Å². The van der Waals surface area contributed by atoms with Crippen LogP contribution in [-0.4, -0.2) is 30.3 Å². The number of anilines is 1. The Hall–Kier alpha value is -2.30. The number of carbonyl (C=O) groups is 1. The molecular formula is C30H45N3O2. The molecule has 4 rings (SSSR count). The van der Waals surface area contributed by atoms with Crippen LogP contribution in [0.15, 0.2) is 23.3 Å². The quantitative estimate of drug-likeness (QED) is 0.360. The second kappa shape index (κ2) is 11.6. The maximum Gasteiger partial charge on any atom is 0.230 e. The van der Waals surface area contributed by atoms with Gasteiger partial charge in [-0.3, -0.25) is 9.79 Å². The third-order valence-electron chi connectivity index (χ3n) is 7.86. The van der Waals surface area contributed by atoms with E-state index in [1.54, 1.807) is 6.20 Å². The number of hydrogen-bond donors (Lipinski definition) is 1. The lowest BCUT2D eigenvalue weighted by molar-refractivity contribution is -0.120. The standard InChI is InChI=1S/C30H45N3O2/c1-5-7-24(14-10-20(2)3)32-19-23(18-31)26-16-17-28-27(29(26)35-25-8-6-9-25)15-11-21(4)33(28)30(34)22-12-13-22/h16-22,24-25H,5-15,31H2,1-4H3/b23-18+,32-19?. The van der Waals surface area contributed by atoms with Gasteiger partial charge in [-0.1, -0.05) is 27.2 Å². The SMILES string of the molecule is CCCC(CCC(C)C)N=C/C(=C\N)c1ccc2c(c1OC1CCC1)CCC(C)N2C(=O)C1CC1. The summed E-state index contributed by atoms with van der Waals surface area (Å²) in [5.41, 5.74) is 10.3. The van der Waals surface area contributed by atoms with Crippen LogP contribution in [0.1, 0.15) is 103 Å². The van der Waals surface area contributed by atoms with Crippen molar-refractivity contribution in [3.8, 4) is 5.75 Å². The Morgan fingerprint density at radius 1 is 1.17 bits per heavy atom. The number of aliphatic imine (C=N–C) groups is 1. The molecule has 0 saturated heterocycles. The summed E-state index contributed by atoms with van der Waals surface area (Å²) >= 11 is 0. The van der Waals surface area contributed by atoms with Gasteiger partial charge in [0, 0.05) is 47.1 Å². The molecule has 0 radical (unpaired) electrons. The maximum absolute atomic E-state index is 13.2. The summed E-state index contributed by atoms with van der Waals surface area (Å²) in [6.07, 6.45) is 15.7. The molecule has 3 aliphatic rings. The van der Waals surface area contributed by atoms with Gasteiger partial charge in [0.05, 0.1) is 11.8 Å². The lowest BCUT2D eigenvalue weighted by atomic mass is 9.90. The molecule has 0 bridgehead atoms. The molecule has 1 amide bonds. The third-order valence-corrected chi connectivity index (χ3v) is 7.86. The van der Waals surface area contributed by atoms with Crippen molar-refractivity contribution in [3.63, 3.8) is 0 Å². The van der Waals surface area contributed by atoms with E-state index in [2.05, 4.69) is 44.7 Å². The van der Waals surface area contributed by atoms with Gasteiger partial charge < -0.3 is 15.4 Å². The smallest absolute Gasteiger partial charge is 0.230 e. The first-order valence-corrected chi connectivity index (χ1v) is 14.0. The molecule has 2 fully saturated rings. The van der Waals surface area contributed by atoms with Crippen molar-refractivity contribution in [2.75, 3.05) is 4.90 Å². The Bertz CT molecular complexity index is 943. The van der Waals surface area contributed by atoms with E-state index in [1.165, 1.54) is 18.4 Å². The first-order valence-electron chi connectivity index (χ1n) is 14.0. The van der Waals surface area contributed by atoms with Crippen molar-refractivity contribution < 1.29 is 9.53 Å². The minimum Gasteiger partial charge on any atom is -0.489 e. The lowest BCUT2D eigenvalue weighted by Gasteiger charge is -2.38. The van der Waals surface area contributed by atoms with Crippen LogP contribution in [0, 0.1) is 11.8 Å². The molecule has 1 heterocycles. The first-order chi connectivity index (χ1) is 16.9. The molecule has 1 aromatic rings. The number of ether oxygens (including phenoxy) is 1. The van der Waals surface area contributed by atoms with E-state index < -0.39 is 0 Å². The molecule has 2 N–H and O–H groups in total. The van der Waals surface area contributed by atoms with Crippen LogP contribution in [0.4, 0.5) is 5.69 Å². The van der Waals surface area contributed by atoms with E-state index in [4.69, 9.17) is 15.5 Å². The summed E-state index contributed by atoms with van der Waals surface area (Å²) in [5, 5.41) is 0. The first kappa shape index (κ1) is 25.8. The van der Waals surface area contributed by atoms with Gasteiger partial charge in [-0.05, 0) is 89.2 Å². The topological polar surface area (TPSA) is 67.9 Å². The van der Waals surface area contributed by atoms with Gasteiger partial charge in [0.15, 0.2) is 0 Å². The Morgan fingerprint density at radius 2 is 1.94 bits per heavy atom. The molecule has 2 aliphatic carbocycles. The van der Waals surface area contributed by atoms with Crippen LogP contribution >= 0.6 is 0 Å². The van der Waals surface area contributed by atoms with Gasteiger partial charge in [-0.2, -0.15) is 0 Å². The number of nitrogens with zero attached hydrogens (tertiary/aromatic N) is 2. The van der Waals surface area contributed by atoms with Crippen molar-refractivity contribution in [1.29, 1.82) is 0 Å². The van der Waals surface area contributed by atoms with E-state index >= 15 is 0 Å².